The van der Waals surface area contributed by atoms with Crippen LogP contribution in [-0.4, -0.2) is 32.1 Å². The van der Waals surface area contributed by atoms with Gasteiger partial charge in [0.25, 0.3) is 0 Å². The topological polar surface area (TPSA) is 68.0 Å². The van der Waals surface area contributed by atoms with Crippen molar-refractivity contribution in [3.63, 3.8) is 0 Å². The third kappa shape index (κ3) is 0.794. The quantitative estimate of drug-likeness (QED) is 0.597. The summed E-state index contributed by atoms with van der Waals surface area (Å²) in [6.07, 6.45) is 3.32. The van der Waals surface area contributed by atoms with Gasteiger partial charge < -0.3 is 5.32 Å². The zero-order valence-corrected chi connectivity index (χ0v) is 5.89. The molecule has 0 aromatic carbocycles. The molecule has 2 aromatic heterocycles. The first kappa shape index (κ1) is 6.02. The number of fused-ring (bicyclic) bond motifs is 1. The van der Waals surface area contributed by atoms with Gasteiger partial charge in [-0.3, -0.25) is 0 Å². The zero-order valence-electron chi connectivity index (χ0n) is 5.89. The number of rotatable bonds is 1. The van der Waals surface area contributed by atoms with Crippen molar-refractivity contribution in [1.29, 1.82) is 0 Å². The molecule has 6 nitrogen and oxygen atoms in total. The predicted octanol–water partition coefficient (Wildman–Crippen LogP) is -0.439. The summed E-state index contributed by atoms with van der Waals surface area (Å²) < 4.78 is 1.55. The molecule has 0 amide bonds. The molecule has 0 bridgehead atoms. The Hall–Kier alpha value is -1.72. The van der Waals surface area contributed by atoms with Crippen LogP contribution >= 0.6 is 0 Å². The van der Waals surface area contributed by atoms with E-state index in [-0.39, 0.29) is 0 Å². The lowest BCUT2D eigenvalue weighted by molar-refractivity contribution is 0.820. The van der Waals surface area contributed by atoms with Crippen LogP contribution in [0.25, 0.3) is 5.65 Å². The molecular weight excluding hydrogens is 144 g/mol. The molecule has 0 radical (unpaired) electrons. The first-order valence-electron chi connectivity index (χ1n) is 3.12. The monoisotopic (exact) mass is 150 g/mol. The second-order valence-electron chi connectivity index (χ2n) is 1.97. The minimum absolute atomic E-state index is 0.634. The molecule has 0 saturated heterocycles. The predicted molar refractivity (Wildman–Crippen MR) is 38.1 cm³/mol. The summed E-state index contributed by atoms with van der Waals surface area (Å²) in [5.41, 5.74) is 0.634. The van der Waals surface area contributed by atoms with E-state index >= 15 is 0 Å². The minimum Gasteiger partial charge on any atom is -0.370 e. The highest BCUT2D eigenvalue weighted by atomic mass is 15.5. The first-order valence-corrected chi connectivity index (χ1v) is 3.12. The lowest BCUT2D eigenvalue weighted by atomic mass is 10.6. The molecule has 2 aromatic rings. The molecule has 0 unspecified atom stereocenters. The van der Waals surface area contributed by atoms with Gasteiger partial charge >= 0.3 is 0 Å². The standard InChI is InChI=1S/C5H6N6/c1-6-4-5-8-9-10-11(5)3-2-7-4/h2-3H,1H3,(H,6,7). The smallest absolute Gasteiger partial charge is 0.221 e. The molecule has 6 heteroatoms. The van der Waals surface area contributed by atoms with Crippen LogP contribution in [0.4, 0.5) is 5.82 Å². The van der Waals surface area contributed by atoms with Crippen LogP contribution in [0.15, 0.2) is 12.4 Å². The Balaban J connectivity index is 2.79. The van der Waals surface area contributed by atoms with Crippen molar-refractivity contribution in [2.45, 2.75) is 0 Å². The molecule has 0 aliphatic heterocycles. The van der Waals surface area contributed by atoms with Crippen LogP contribution in [0.5, 0.6) is 0 Å². The van der Waals surface area contributed by atoms with Gasteiger partial charge in [-0.25, -0.2) is 4.98 Å². The molecule has 0 aliphatic carbocycles. The average molecular weight is 150 g/mol. The van der Waals surface area contributed by atoms with Gasteiger partial charge in [0.2, 0.25) is 5.65 Å². The molecule has 2 heterocycles. The van der Waals surface area contributed by atoms with Crippen molar-refractivity contribution < 1.29 is 0 Å². The maximum atomic E-state index is 4.02. The van der Waals surface area contributed by atoms with Gasteiger partial charge in [0.1, 0.15) is 0 Å². The number of anilines is 1. The number of nitrogens with one attached hydrogen (secondary N) is 1. The lowest BCUT2D eigenvalue weighted by Gasteiger charge is -1.96. The average Bonchev–Trinajstić information content (AvgIpc) is 2.50. The summed E-state index contributed by atoms with van der Waals surface area (Å²) in [4.78, 5) is 4.02. The van der Waals surface area contributed by atoms with Crippen LogP contribution in [0, 0.1) is 0 Å². The SMILES string of the molecule is CNc1nccn2nnnc12. The Morgan fingerprint density at radius 1 is 1.55 bits per heavy atom. The van der Waals surface area contributed by atoms with Crippen LogP contribution in [0.2, 0.25) is 0 Å². The number of hydrogen-bond acceptors (Lipinski definition) is 5. The van der Waals surface area contributed by atoms with Crippen molar-refractivity contribution in [2.24, 2.45) is 0 Å². The molecule has 0 aliphatic rings. The van der Waals surface area contributed by atoms with Crippen molar-refractivity contribution in [3.05, 3.63) is 12.4 Å². The summed E-state index contributed by atoms with van der Waals surface area (Å²) in [5.74, 6) is 0.678. The molecule has 0 saturated carbocycles. The summed E-state index contributed by atoms with van der Waals surface area (Å²) in [5, 5.41) is 13.8. The number of tetrazole rings is 1. The van der Waals surface area contributed by atoms with E-state index in [1.54, 1.807) is 24.0 Å². The second-order valence-corrected chi connectivity index (χ2v) is 1.97. The normalized spacial score (nSPS) is 10.3. The van der Waals surface area contributed by atoms with E-state index in [9.17, 15) is 0 Å². The van der Waals surface area contributed by atoms with E-state index < -0.39 is 0 Å². The Kier molecular flexibility index (Phi) is 1.18. The van der Waals surface area contributed by atoms with E-state index in [1.807, 2.05) is 0 Å². The molecule has 1 N–H and O–H groups in total. The van der Waals surface area contributed by atoms with Crippen molar-refractivity contribution >= 4 is 11.5 Å². The third-order valence-corrected chi connectivity index (χ3v) is 1.35. The van der Waals surface area contributed by atoms with Gasteiger partial charge in [0.15, 0.2) is 5.82 Å². The number of nitrogens with zero attached hydrogens (tertiary/aromatic N) is 5. The van der Waals surface area contributed by atoms with Crippen molar-refractivity contribution in [1.82, 2.24) is 25.0 Å². The van der Waals surface area contributed by atoms with Gasteiger partial charge in [-0.15, -0.1) is 5.10 Å². The summed E-state index contributed by atoms with van der Waals surface area (Å²) in [6, 6.07) is 0. The highest BCUT2D eigenvalue weighted by molar-refractivity contribution is 5.60. The highest BCUT2D eigenvalue weighted by Gasteiger charge is 2.01. The Morgan fingerprint density at radius 3 is 3.27 bits per heavy atom. The van der Waals surface area contributed by atoms with Gasteiger partial charge in [-0.05, 0) is 10.4 Å². The summed E-state index contributed by atoms with van der Waals surface area (Å²) in [7, 11) is 1.77. The van der Waals surface area contributed by atoms with E-state index in [0.717, 1.165) is 0 Å². The van der Waals surface area contributed by atoms with E-state index in [2.05, 4.69) is 25.8 Å². The summed E-state index contributed by atoms with van der Waals surface area (Å²) >= 11 is 0. The van der Waals surface area contributed by atoms with Crippen LogP contribution in [0.3, 0.4) is 0 Å². The van der Waals surface area contributed by atoms with Crippen LogP contribution in [-0.2, 0) is 0 Å². The molecule has 0 atom stereocenters. The molecule has 2 rings (SSSR count). The summed E-state index contributed by atoms with van der Waals surface area (Å²) in [6.45, 7) is 0. The maximum absolute atomic E-state index is 4.02. The van der Waals surface area contributed by atoms with E-state index in [1.165, 1.54) is 0 Å². The fraction of sp³-hybridized carbons (Fsp3) is 0.200. The van der Waals surface area contributed by atoms with E-state index in [0.29, 0.717) is 11.5 Å². The van der Waals surface area contributed by atoms with Gasteiger partial charge in [-0.1, -0.05) is 0 Å². The van der Waals surface area contributed by atoms with Gasteiger partial charge in [0, 0.05) is 13.2 Å². The maximum Gasteiger partial charge on any atom is 0.221 e. The molecule has 0 spiro atoms. The second kappa shape index (κ2) is 2.15. The van der Waals surface area contributed by atoms with Crippen molar-refractivity contribution in [3.8, 4) is 0 Å². The number of aromatic nitrogens is 5. The Labute approximate surface area is 62.2 Å². The van der Waals surface area contributed by atoms with Crippen molar-refractivity contribution in [2.75, 3.05) is 12.4 Å². The molecule has 0 fully saturated rings. The lowest BCUT2D eigenvalue weighted by Crippen LogP contribution is -1.97. The first-order chi connectivity index (χ1) is 5.42. The number of hydrogen-bond donors (Lipinski definition) is 1. The minimum atomic E-state index is 0.634. The fourth-order valence-electron chi connectivity index (χ4n) is 0.855. The zero-order chi connectivity index (χ0) is 7.68. The molecule has 11 heavy (non-hydrogen) atoms. The largest absolute Gasteiger partial charge is 0.370 e. The Bertz CT molecular complexity index is 366. The van der Waals surface area contributed by atoms with E-state index in [4.69, 9.17) is 0 Å². The third-order valence-electron chi connectivity index (χ3n) is 1.35. The van der Waals surface area contributed by atoms with Crippen LogP contribution < -0.4 is 5.32 Å². The fourth-order valence-corrected chi connectivity index (χ4v) is 0.855. The van der Waals surface area contributed by atoms with Gasteiger partial charge in [0.05, 0.1) is 6.20 Å². The Morgan fingerprint density at radius 2 is 2.45 bits per heavy atom. The molecule has 56 valence electrons. The van der Waals surface area contributed by atoms with Crippen LogP contribution in [0.1, 0.15) is 0 Å². The molecular formula is C5H6N6. The highest BCUT2D eigenvalue weighted by Crippen LogP contribution is 2.05. The van der Waals surface area contributed by atoms with Gasteiger partial charge in [-0.2, -0.15) is 4.52 Å².